The molecule has 1 heterocycles. The van der Waals surface area contributed by atoms with Crippen LogP contribution in [0.1, 0.15) is 0 Å². The van der Waals surface area contributed by atoms with E-state index in [0.717, 1.165) is 22.4 Å². The molecular formula is C11H16N4. The van der Waals surface area contributed by atoms with Gasteiger partial charge in [-0.3, -0.25) is 0 Å². The smallest absolute Gasteiger partial charge is 0.114 e. The SMILES string of the molecule is CN(C)c1ccc(N(C)C)c2[nH]cnc12. The van der Waals surface area contributed by atoms with Gasteiger partial charge in [-0.1, -0.05) is 0 Å². The van der Waals surface area contributed by atoms with Crippen molar-refractivity contribution in [3.63, 3.8) is 0 Å². The summed E-state index contributed by atoms with van der Waals surface area (Å²) in [5, 5.41) is 0. The summed E-state index contributed by atoms with van der Waals surface area (Å²) in [6.07, 6.45) is 1.74. The molecule has 0 unspecified atom stereocenters. The highest BCUT2D eigenvalue weighted by Crippen LogP contribution is 2.29. The molecule has 4 heteroatoms. The van der Waals surface area contributed by atoms with Crippen LogP contribution in [-0.4, -0.2) is 38.2 Å². The maximum atomic E-state index is 4.36. The highest BCUT2D eigenvalue weighted by molar-refractivity contribution is 5.97. The van der Waals surface area contributed by atoms with Gasteiger partial charge in [0.1, 0.15) is 5.52 Å². The van der Waals surface area contributed by atoms with Gasteiger partial charge in [-0.25, -0.2) is 4.98 Å². The van der Waals surface area contributed by atoms with E-state index in [-0.39, 0.29) is 0 Å². The summed E-state index contributed by atoms with van der Waals surface area (Å²) >= 11 is 0. The lowest BCUT2D eigenvalue weighted by molar-refractivity contribution is 1.12. The zero-order valence-corrected chi connectivity index (χ0v) is 9.57. The Morgan fingerprint density at radius 2 is 1.60 bits per heavy atom. The molecule has 0 saturated carbocycles. The Labute approximate surface area is 89.5 Å². The summed E-state index contributed by atoms with van der Waals surface area (Å²) in [5.74, 6) is 0. The van der Waals surface area contributed by atoms with Gasteiger partial charge in [0.2, 0.25) is 0 Å². The first-order chi connectivity index (χ1) is 7.11. The van der Waals surface area contributed by atoms with Crippen LogP contribution in [0, 0.1) is 0 Å². The van der Waals surface area contributed by atoms with Crippen LogP contribution in [0.5, 0.6) is 0 Å². The summed E-state index contributed by atoms with van der Waals surface area (Å²) < 4.78 is 0. The van der Waals surface area contributed by atoms with Gasteiger partial charge in [0.25, 0.3) is 0 Å². The molecule has 0 saturated heterocycles. The van der Waals surface area contributed by atoms with Crippen LogP contribution in [0.3, 0.4) is 0 Å². The molecule has 2 aromatic rings. The first kappa shape index (κ1) is 9.83. The Balaban J connectivity index is 2.71. The number of fused-ring (bicyclic) bond motifs is 1. The van der Waals surface area contributed by atoms with Gasteiger partial charge in [-0.2, -0.15) is 0 Å². The van der Waals surface area contributed by atoms with Gasteiger partial charge in [-0.15, -0.1) is 0 Å². The van der Waals surface area contributed by atoms with Gasteiger partial charge in [0.15, 0.2) is 0 Å². The highest BCUT2D eigenvalue weighted by atomic mass is 15.1. The maximum absolute atomic E-state index is 4.36. The van der Waals surface area contributed by atoms with E-state index in [1.807, 2.05) is 28.2 Å². The Bertz CT molecular complexity index is 428. The van der Waals surface area contributed by atoms with Crippen molar-refractivity contribution in [2.75, 3.05) is 38.0 Å². The number of aromatic amines is 1. The Morgan fingerprint density at radius 1 is 1.00 bits per heavy atom. The third-order valence-corrected chi connectivity index (χ3v) is 2.50. The predicted molar refractivity (Wildman–Crippen MR) is 64.7 cm³/mol. The molecule has 0 radical (unpaired) electrons. The quantitative estimate of drug-likeness (QED) is 0.808. The van der Waals surface area contributed by atoms with E-state index in [1.54, 1.807) is 6.33 Å². The number of benzene rings is 1. The number of nitrogens with zero attached hydrogens (tertiary/aromatic N) is 3. The molecule has 80 valence electrons. The number of nitrogens with one attached hydrogen (secondary N) is 1. The monoisotopic (exact) mass is 204 g/mol. The van der Waals surface area contributed by atoms with E-state index in [9.17, 15) is 0 Å². The molecule has 15 heavy (non-hydrogen) atoms. The van der Waals surface area contributed by atoms with E-state index in [4.69, 9.17) is 0 Å². The second-order valence-electron chi connectivity index (χ2n) is 4.02. The third-order valence-electron chi connectivity index (χ3n) is 2.50. The lowest BCUT2D eigenvalue weighted by Gasteiger charge is -2.17. The van der Waals surface area contributed by atoms with Gasteiger partial charge >= 0.3 is 0 Å². The van der Waals surface area contributed by atoms with Crippen molar-refractivity contribution in [1.82, 2.24) is 9.97 Å². The fraction of sp³-hybridized carbons (Fsp3) is 0.364. The lowest BCUT2D eigenvalue weighted by atomic mass is 10.2. The van der Waals surface area contributed by atoms with E-state index in [0.29, 0.717) is 0 Å². The topological polar surface area (TPSA) is 35.2 Å². The molecule has 1 N–H and O–H groups in total. The number of aromatic nitrogens is 2. The van der Waals surface area contributed by atoms with Crippen molar-refractivity contribution in [3.05, 3.63) is 18.5 Å². The minimum atomic E-state index is 1.02. The van der Waals surface area contributed by atoms with Gasteiger partial charge in [0, 0.05) is 28.2 Å². The molecule has 4 nitrogen and oxygen atoms in total. The third kappa shape index (κ3) is 1.52. The summed E-state index contributed by atoms with van der Waals surface area (Å²) in [6.45, 7) is 0. The molecule has 0 aliphatic heterocycles. The van der Waals surface area contributed by atoms with Crippen molar-refractivity contribution in [2.24, 2.45) is 0 Å². The summed E-state index contributed by atoms with van der Waals surface area (Å²) in [5.41, 5.74) is 4.40. The Hall–Kier alpha value is -1.71. The van der Waals surface area contributed by atoms with Crippen LogP contribution >= 0.6 is 0 Å². The standard InChI is InChI=1S/C11H16N4/c1-14(2)8-5-6-9(15(3)4)11-10(8)12-7-13-11/h5-7H,1-4H3,(H,12,13). The van der Waals surface area contributed by atoms with Crippen LogP contribution in [0.25, 0.3) is 11.0 Å². The van der Waals surface area contributed by atoms with Crippen molar-refractivity contribution in [2.45, 2.75) is 0 Å². The fourth-order valence-corrected chi connectivity index (χ4v) is 1.74. The molecule has 0 fully saturated rings. The minimum Gasteiger partial charge on any atom is -0.376 e. The molecule has 1 aromatic heterocycles. The van der Waals surface area contributed by atoms with E-state index in [1.165, 1.54) is 0 Å². The van der Waals surface area contributed by atoms with Crippen LogP contribution in [0.2, 0.25) is 0 Å². The van der Waals surface area contributed by atoms with Gasteiger partial charge in [0.05, 0.1) is 23.2 Å². The first-order valence-corrected chi connectivity index (χ1v) is 4.92. The summed E-state index contributed by atoms with van der Waals surface area (Å²) in [7, 11) is 8.12. The number of anilines is 2. The molecule has 0 aliphatic carbocycles. The molecule has 0 bridgehead atoms. The first-order valence-electron chi connectivity index (χ1n) is 4.92. The Kier molecular flexibility index (Phi) is 2.26. The van der Waals surface area contributed by atoms with Crippen molar-refractivity contribution in [1.29, 1.82) is 0 Å². The average molecular weight is 204 g/mol. The lowest BCUT2D eigenvalue weighted by Crippen LogP contribution is -2.12. The van der Waals surface area contributed by atoms with E-state index >= 15 is 0 Å². The molecule has 0 aliphatic rings. The summed E-state index contributed by atoms with van der Waals surface area (Å²) in [6, 6.07) is 4.20. The molecule has 0 atom stereocenters. The zero-order chi connectivity index (χ0) is 11.0. The van der Waals surface area contributed by atoms with Crippen LogP contribution in [0.15, 0.2) is 18.5 Å². The molecule has 0 spiro atoms. The molecule has 2 rings (SSSR count). The average Bonchev–Trinajstić information content (AvgIpc) is 2.63. The molecule has 0 amide bonds. The van der Waals surface area contributed by atoms with E-state index < -0.39 is 0 Å². The number of imidazole rings is 1. The van der Waals surface area contributed by atoms with Crippen LogP contribution in [0.4, 0.5) is 11.4 Å². The summed E-state index contributed by atoms with van der Waals surface area (Å²) in [4.78, 5) is 11.7. The fourth-order valence-electron chi connectivity index (χ4n) is 1.74. The van der Waals surface area contributed by atoms with Gasteiger partial charge < -0.3 is 14.8 Å². The maximum Gasteiger partial charge on any atom is 0.114 e. The Morgan fingerprint density at radius 3 is 2.20 bits per heavy atom. The van der Waals surface area contributed by atoms with Crippen molar-refractivity contribution in [3.8, 4) is 0 Å². The second-order valence-corrected chi connectivity index (χ2v) is 4.02. The largest absolute Gasteiger partial charge is 0.376 e. The number of hydrogen-bond donors (Lipinski definition) is 1. The van der Waals surface area contributed by atoms with Crippen molar-refractivity contribution < 1.29 is 0 Å². The number of rotatable bonds is 2. The van der Waals surface area contributed by atoms with Crippen molar-refractivity contribution >= 4 is 22.4 Å². The van der Waals surface area contributed by atoms with Crippen LogP contribution in [-0.2, 0) is 0 Å². The predicted octanol–water partition coefficient (Wildman–Crippen LogP) is 1.69. The molecular weight excluding hydrogens is 188 g/mol. The second kappa shape index (κ2) is 3.46. The zero-order valence-electron chi connectivity index (χ0n) is 9.57. The van der Waals surface area contributed by atoms with Crippen LogP contribution < -0.4 is 9.80 Å². The number of H-pyrrole nitrogens is 1. The number of hydrogen-bond acceptors (Lipinski definition) is 3. The van der Waals surface area contributed by atoms with Gasteiger partial charge in [-0.05, 0) is 12.1 Å². The normalized spacial score (nSPS) is 10.7. The van der Waals surface area contributed by atoms with E-state index in [2.05, 4.69) is 31.9 Å². The molecule has 1 aromatic carbocycles. The minimum absolute atomic E-state index is 1.02. The highest BCUT2D eigenvalue weighted by Gasteiger charge is 2.10.